The molecule has 2 aromatic rings. The minimum absolute atomic E-state index is 0.156. The maximum absolute atomic E-state index is 12.7. The van der Waals surface area contributed by atoms with Gasteiger partial charge in [0.25, 0.3) is 5.91 Å². The third kappa shape index (κ3) is 3.92. The zero-order valence-electron chi connectivity index (χ0n) is 14.5. The molecule has 0 bridgehead atoms. The lowest BCUT2D eigenvalue weighted by Crippen LogP contribution is -2.33. The van der Waals surface area contributed by atoms with Crippen LogP contribution >= 0.6 is 0 Å². The molecule has 0 atom stereocenters. The Labute approximate surface area is 149 Å². The van der Waals surface area contributed by atoms with E-state index in [1.54, 1.807) is 0 Å². The SMILES string of the molecule is CCCc1c(C(=O)NC2CCCC2)noc1-c1ccc(C(F)(F)F)cc1. The van der Waals surface area contributed by atoms with E-state index in [0.717, 1.165) is 44.2 Å². The lowest BCUT2D eigenvalue weighted by Gasteiger charge is -2.11. The summed E-state index contributed by atoms with van der Waals surface area (Å²) in [5.74, 6) is 0.0828. The van der Waals surface area contributed by atoms with Crippen molar-refractivity contribution in [2.24, 2.45) is 0 Å². The molecule has 26 heavy (non-hydrogen) atoms. The Balaban J connectivity index is 1.87. The second-order valence-electron chi connectivity index (χ2n) is 6.62. The largest absolute Gasteiger partial charge is 0.416 e. The number of hydrogen-bond donors (Lipinski definition) is 1. The molecule has 1 aromatic heterocycles. The molecule has 0 aliphatic heterocycles. The van der Waals surface area contributed by atoms with Crippen LogP contribution in [0.15, 0.2) is 28.8 Å². The van der Waals surface area contributed by atoms with Crippen LogP contribution in [0.3, 0.4) is 0 Å². The molecule has 1 amide bonds. The highest BCUT2D eigenvalue weighted by Crippen LogP contribution is 2.33. The first-order chi connectivity index (χ1) is 12.4. The molecule has 1 heterocycles. The van der Waals surface area contributed by atoms with E-state index in [4.69, 9.17) is 4.52 Å². The number of halogens is 3. The molecule has 1 aliphatic rings. The van der Waals surface area contributed by atoms with Crippen molar-refractivity contribution in [1.29, 1.82) is 0 Å². The van der Waals surface area contributed by atoms with Gasteiger partial charge in [-0.3, -0.25) is 4.79 Å². The van der Waals surface area contributed by atoms with Gasteiger partial charge in [-0.15, -0.1) is 0 Å². The summed E-state index contributed by atoms with van der Waals surface area (Å²) in [6, 6.07) is 4.86. The Morgan fingerprint density at radius 1 is 1.23 bits per heavy atom. The summed E-state index contributed by atoms with van der Waals surface area (Å²) < 4.78 is 43.6. The van der Waals surface area contributed by atoms with Gasteiger partial charge in [0, 0.05) is 17.2 Å². The van der Waals surface area contributed by atoms with Crippen LogP contribution in [0.2, 0.25) is 0 Å². The Morgan fingerprint density at radius 2 is 1.88 bits per heavy atom. The summed E-state index contributed by atoms with van der Waals surface area (Å²) in [5.41, 5.74) is 0.627. The van der Waals surface area contributed by atoms with Gasteiger partial charge in [-0.05, 0) is 31.4 Å². The number of alkyl halides is 3. The number of carbonyl (C=O) groups is 1. The Morgan fingerprint density at radius 3 is 2.46 bits per heavy atom. The summed E-state index contributed by atoms with van der Waals surface area (Å²) in [4.78, 5) is 12.5. The molecule has 1 fully saturated rings. The normalized spacial score (nSPS) is 15.4. The average Bonchev–Trinajstić information content (AvgIpc) is 3.24. The van der Waals surface area contributed by atoms with Crippen LogP contribution in [0.1, 0.15) is 60.6 Å². The highest BCUT2D eigenvalue weighted by Gasteiger charge is 2.31. The standard InChI is InChI=1S/C19H21F3N2O2/c1-2-5-15-16(18(25)23-14-6-3-4-7-14)24-26-17(15)12-8-10-13(11-9-12)19(20,21)22/h8-11,14H,2-7H2,1H3,(H,23,25). The van der Waals surface area contributed by atoms with Crippen LogP contribution in [0, 0.1) is 0 Å². The van der Waals surface area contributed by atoms with Crippen molar-refractivity contribution >= 4 is 5.91 Å². The molecule has 4 nitrogen and oxygen atoms in total. The fourth-order valence-corrected chi connectivity index (χ4v) is 3.33. The number of aromatic nitrogens is 1. The zero-order valence-corrected chi connectivity index (χ0v) is 14.5. The number of carbonyl (C=O) groups excluding carboxylic acids is 1. The van der Waals surface area contributed by atoms with Crippen molar-refractivity contribution < 1.29 is 22.5 Å². The van der Waals surface area contributed by atoms with E-state index in [1.807, 2.05) is 6.92 Å². The van der Waals surface area contributed by atoms with Gasteiger partial charge in [0.2, 0.25) is 0 Å². The highest BCUT2D eigenvalue weighted by molar-refractivity contribution is 5.95. The summed E-state index contributed by atoms with van der Waals surface area (Å²) in [7, 11) is 0. The van der Waals surface area contributed by atoms with E-state index in [-0.39, 0.29) is 17.6 Å². The van der Waals surface area contributed by atoms with Gasteiger partial charge in [-0.2, -0.15) is 13.2 Å². The number of nitrogens with zero attached hydrogens (tertiary/aromatic N) is 1. The van der Waals surface area contributed by atoms with Crippen LogP contribution in [0.4, 0.5) is 13.2 Å². The van der Waals surface area contributed by atoms with Gasteiger partial charge >= 0.3 is 6.18 Å². The van der Waals surface area contributed by atoms with Crippen molar-refractivity contribution in [3.8, 4) is 11.3 Å². The first kappa shape index (κ1) is 18.5. The minimum atomic E-state index is -4.39. The topological polar surface area (TPSA) is 55.1 Å². The van der Waals surface area contributed by atoms with Gasteiger partial charge in [0.1, 0.15) is 0 Å². The van der Waals surface area contributed by atoms with E-state index in [0.29, 0.717) is 23.3 Å². The predicted molar refractivity (Wildman–Crippen MR) is 90.7 cm³/mol. The predicted octanol–water partition coefficient (Wildman–Crippen LogP) is 4.99. The molecule has 0 unspecified atom stereocenters. The number of hydrogen-bond acceptors (Lipinski definition) is 3. The van der Waals surface area contributed by atoms with Gasteiger partial charge < -0.3 is 9.84 Å². The second kappa shape index (κ2) is 7.51. The lowest BCUT2D eigenvalue weighted by atomic mass is 10.0. The van der Waals surface area contributed by atoms with Crippen LogP contribution in [-0.4, -0.2) is 17.1 Å². The van der Waals surface area contributed by atoms with Gasteiger partial charge in [0.05, 0.1) is 5.56 Å². The number of amides is 1. The zero-order chi connectivity index (χ0) is 18.7. The maximum Gasteiger partial charge on any atom is 0.416 e. The van der Waals surface area contributed by atoms with Crippen LogP contribution < -0.4 is 5.32 Å². The van der Waals surface area contributed by atoms with E-state index in [9.17, 15) is 18.0 Å². The van der Waals surface area contributed by atoms with Crippen molar-refractivity contribution in [3.05, 3.63) is 41.1 Å². The Bertz CT molecular complexity index is 760. The molecular weight excluding hydrogens is 345 g/mol. The molecule has 0 saturated heterocycles. The van der Waals surface area contributed by atoms with E-state index >= 15 is 0 Å². The first-order valence-corrected chi connectivity index (χ1v) is 8.87. The van der Waals surface area contributed by atoms with Gasteiger partial charge in [-0.25, -0.2) is 0 Å². The van der Waals surface area contributed by atoms with E-state index in [1.165, 1.54) is 12.1 Å². The van der Waals surface area contributed by atoms with Crippen molar-refractivity contribution in [3.63, 3.8) is 0 Å². The van der Waals surface area contributed by atoms with Crippen molar-refractivity contribution in [2.45, 2.75) is 57.7 Å². The van der Waals surface area contributed by atoms with Crippen LogP contribution in [-0.2, 0) is 12.6 Å². The maximum atomic E-state index is 12.7. The summed E-state index contributed by atoms with van der Waals surface area (Å²) in [5, 5.41) is 6.89. The van der Waals surface area contributed by atoms with Crippen LogP contribution in [0.25, 0.3) is 11.3 Å². The molecule has 0 spiro atoms. The number of rotatable bonds is 5. The molecule has 1 N–H and O–H groups in total. The molecule has 1 aliphatic carbocycles. The quantitative estimate of drug-likeness (QED) is 0.811. The van der Waals surface area contributed by atoms with Gasteiger partial charge in [0.15, 0.2) is 11.5 Å². The Hall–Kier alpha value is -2.31. The fraction of sp³-hybridized carbons (Fsp3) is 0.474. The molecule has 3 rings (SSSR count). The third-order valence-electron chi connectivity index (χ3n) is 4.67. The lowest BCUT2D eigenvalue weighted by molar-refractivity contribution is -0.137. The second-order valence-corrected chi connectivity index (χ2v) is 6.62. The third-order valence-corrected chi connectivity index (χ3v) is 4.67. The van der Waals surface area contributed by atoms with E-state index < -0.39 is 11.7 Å². The van der Waals surface area contributed by atoms with Gasteiger partial charge in [-0.1, -0.05) is 43.5 Å². The molecule has 140 valence electrons. The Kier molecular flexibility index (Phi) is 5.34. The van der Waals surface area contributed by atoms with E-state index in [2.05, 4.69) is 10.5 Å². The summed E-state index contributed by atoms with van der Waals surface area (Å²) in [6.45, 7) is 1.96. The smallest absolute Gasteiger partial charge is 0.355 e. The molecule has 7 heteroatoms. The molecule has 1 aromatic carbocycles. The molecule has 1 saturated carbocycles. The number of nitrogens with one attached hydrogen (secondary N) is 1. The highest BCUT2D eigenvalue weighted by atomic mass is 19.4. The van der Waals surface area contributed by atoms with Crippen LogP contribution in [0.5, 0.6) is 0 Å². The molecule has 0 radical (unpaired) electrons. The van der Waals surface area contributed by atoms with Crippen molar-refractivity contribution in [2.75, 3.05) is 0 Å². The summed E-state index contributed by atoms with van der Waals surface area (Å²) >= 11 is 0. The van der Waals surface area contributed by atoms with Crippen molar-refractivity contribution in [1.82, 2.24) is 10.5 Å². The average molecular weight is 366 g/mol. The first-order valence-electron chi connectivity index (χ1n) is 8.87. The summed E-state index contributed by atoms with van der Waals surface area (Å²) in [6.07, 6.45) is 1.05. The number of benzene rings is 1. The molecular formula is C19H21F3N2O2. The minimum Gasteiger partial charge on any atom is -0.355 e. The monoisotopic (exact) mass is 366 g/mol. The fourth-order valence-electron chi connectivity index (χ4n) is 3.33.